The van der Waals surface area contributed by atoms with Crippen molar-refractivity contribution in [3.05, 3.63) is 70.9 Å². The average Bonchev–Trinajstić information content (AvgIpc) is 3.09. The summed E-state index contributed by atoms with van der Waals surface area (Å²) in [5.74, 6) is 1.41. The topological polar surface area (TPSA) is 34.0 Å². The van der Waals surface area contributed by atoms with Crippen molar-refractivity contribution in [3.63, 3.8) is 0 Å². The van der Waals surface area contributed by atoms with Crippen LogP contribution in [0.1, 0.15) is 50.7 Å². The minimum atomic E-state index is 0.170. The van der Waals surface area contributed by atoms with Gasteiger partial charge in [0.1, 0.15) is 0 Å². The standard InChI is InChI=1S/C26H31ClN2O/c1-18-8-7-12-24(19(18)2)28-26(30)15-14-20-16-29(25-13-6-4-10-22(20)25)17-21-9-3-5-11-23(21)27/h3-6,9-11,13,16,18-19,24H,7-8,12,14-15,17H2,1-2H3,(H,28,30)/t18-,19+,24-/m1/s1. The van der Waals surface area contributed by atoms with E-state index in [9.17, 15) is 4.79 Å². The summed E-state index contributed by atoms with van der Waals surface area (Å²) in [5.41, 5.74) is 3.50. The number of halogens is 1. The molecule has 0 saturated heterocycles. The third kappa shape index (κ3) is 4.57. The van der Waals surface area contributed by atoms with Gasteiger partial charge in [0.15, 0.2) is 0 Å². The second-order valence-electron chi connectivity index (χ2n) is 8.83. The van der Waals surface area contributed by atoms with Crippen LogP contribution < -0.4 is 5.32 Å². The number of para-hydroxylation sites is 1. The van der Waals surface area contributed by atoms with Crippen molar-refractivity contribution in [2.75, 3.05) is 0 Å². The van der Waals surface area contributed by atoms with Crippen LogP contribution >= 0.6 is 11.6 Å². The van der Waals surface area contributed by atoms with Gasteiger partial charge in [-0.3, -0.25) is 4.79 Å². The van der Waals surface area contributed by atoms with E-state index in [1.54, 1.807) is 0 Å². The van der Waals surface area contributed by atoms with E-state index in [0.717, 1.165) is 30.0 Å². The van der Waals surface area contributed by atoms with Crippen molar-refractivity contribution in [2.45, 2.75) is 58.5 Å². The highest BCUT2D eigenvalue weighted by atomic mass is 35.5. The number of carbonyl (C=O) groups is 1. The maximum absolute atomic E-state index is 12.7. The van der Waals surface area contributed by atoms with Crippen LogP contribution in [0.2, 0.25) is 5.02 Å². The molecule has 2 aromatic carbocycles. The molecule has 158 valence electrons. The van der Waals surface area contributed by atoms with Crippen LogP contribution in [0, 0.1) is 11.8 Å². The zero-order valence-corrected chi connectivity index (χ0v) is 18.7. The molecule has 1 N–H and O–H groups in total. The van der Waals surface area contributed by atoms with Crippen LogP contribution in [0.3, 0.4) is 0 Å². The molecule has 0 spiro atoms. The maximum Gasteiger partial charge on any atom is 0.220 e. The Morgan fingerprint density at radius 2 is 1.83 bits per heavy atom. The molecule has 3 atom stereocenters. The lowest BCUT2D eigenvalue weighted by molar-refractivity contribution is -0.122. The summed E-state index contributed by atoms with van der Waals surface area (Å²) in [6.45, 7) is 5.30. The third-order valence-corrected chi connectivity index (χ3v) is 7.21. The van der Waals surface area contributed by atoms with Crippen molar-refractivity contribution in [1.29, 1.82) is 0 Å². The van der Waals surface area contributed by atoms with Crippen LogP contribution in [0.15, 0.2) is 54.7 Å². The number of aryl methyl sites for hydroxylation is 1. The lowest BCUT2D eigenvalue weighted by Crippen LogP contribution is -2.43. The Labute approximate surface area is 184 Å². The van der Waals surface area contributed by atoms with Crippen molar-refractivity contribution >= 4 is 28.4 Å². The number of hydrogen-bond donors (Lipinski definition) is 1. The van der Waals surface area contributed by atoms with E-state index in [1.807, 2.05) is 18.2 Å². The van der Waals surface area contributed by atoms with E-state index in [4.69, 9.17) is 11.6 Å². The molecule has 1 amide bonds. The van der Waals surface area contributed by atoms with Gasteiger partial charge in [0.25, 0.3) is 0 Å². The predicted molar refractivity (Wildman–Crippen MR) is 125 cm³/mol. The van der Waals surface area contributed by atoms with Gasteiger partial charge in [-0.1, -0.05) is 74.7 Å². The second-order valence-corrected chi connectivity index (χ2v) is 9.24. The molecule has 1 fully saturated rings. The van der Waals surface area contributed by atoms with Gasteiger partial charge in [-0.15, -0.1) is 0 Å². The zero-order valence-electron chi connectivity index (χ0n) is 17.9. The molecule has 0 unspecified atom stereocenters. The van der Waals surface area contributed by atoms with E-state index in [1.165, 1.54) is 29.3 Å². The zero-order chi connectivity index (χ0) is 21.1. The van der Waals surface area contributed by atoms with Gasteiger partial charge >= 0.3 is 0 Å². The first-order valence-corrected chi connectivity index (χ1v) is 11.5. The van der Waals surface area contributed by atoms with Crippen LogP contribution in [0.25, 0.3) is 10.9 Å². The van der Waals surface area contributed by atoms with Crippen LogP contribution in [-0.4, -0.2) is 16.5 Å². The number of fused-ring (bicyclic) bond motifs is 1. The fraction of sp³-hybridized carbons (Fsp3) is 0.423. The third-order valence-electron chi connectivity index (χ3n) is 6.84. The van der Waals surface area contributed by atoms with E-state index in [0.29, 0.717) is 24.3 Å². The fourth-order valence-corrected chi connectivity index (χ4v) is 4.97. The molecule has 30 heavy (non-hydrogen) atoms. The number of hydrogen-bond acceptors (Lipinski definition) is 1. The molecule has 1 heterocycles. The van der Waals surface area contributed by atoms with Crippen molar-refractivity contribution in [3.8, 4) is 0 Å². The van der Waals surface area contributed by atoms with Gasteiger partial charge in [0, 0.05) is 41.1 Å². The SMILES string of the molecule is C[C@H]1[C@H](C)CCC[C@H]1NC(=O)CCc1cn(Cc2ccccc2Cl)c2ccccc12. The normalized spacial score (nSPS) is 21.6. The molecule has 4 heteroatoms. The van der Waals surface area contributed by atoms with Crippen LogP contribution in [0.5, 0.6) is 0 Å². The summed E-state index contributed by atoms with van der Waals surface area (Å²) in [6, 6.07) is 16.7. The Kier molecular flexibility index (Phi) is 6.48. The lowest BCUT2D eigenvalue weighted by Gasteiger charge is -2.34. The molecule has 0 bridgehead atoms. The van der Waals surface area contributed by atoms with Crippen molar-refractivity contribution in [1.82, 2.24) is 9.88 Å². The molecule has 1 aliphatic rings. The van der Waals surface area contributed by atoms with Gasteiger partial charge in [0.2, 0.25) is 5.91 Å². The molecule has 0 aliphatic heterocycles. The molecular weight excluding hydrogens is 392 g/mol. The van der Waals surface area contributed by atoms with Crippen LogP contribution in [-0.2, 0) is 17.8 Å². The quantitative estimate of drug-likeness (QED) is 0.502. The average molecular weight is 423 g/mol. The smallest absolute Gasteiger partial charge is 0.220 e. The van der Waals surface area contributed by atoms with E-state index >= 15 is 0 Å². The number of nitrogens with zero attached hydrogens (tertiary/aromatic N) is 1. The Balaban J connectivity index is 1.47. The number of rotatable bonds is 6. The number of benzene rings is 2. The summed E-state index contributed by atoms with van der Waals surface area (Å²) in [5, 5.41) is 5.31. The Hall–Kier alpha value is -2.26. The van der Waals surface area contributed by atoms with Crippen LogP contribution in [0.4, 0.5) is 0 Å². The predicted octanol–water partition coefficient (Wildman–Crippen LogP) is 6.22. The van der Waals surface area contributed by atoms with Gasteiger partial charge in [0.05, 0.1) is 0 Å². The minimum Gasteiger partial charge on any atom is -0.353 e. The maximum atomic E-state index is 12.7. The Bertz CT molecular complexity index is 1020. The highest BCUT2D eigenvalue weighted by Gasteiger charge is 2.28. The molecule has 1 saturated carbocycles. The van der Waals surface area contributed by atoms with Gasteiger partial charge in [-0.05, 0) is 47.9 Å². The molecular formula is C26H31ClN2O. The first-order valence-electron chi connectivity index (χ1n) is 11.1. The summed E-state index contributed by atoms with van der Waals surface area (Å²) < 4.78 is 2.24. The van der Waals surface area contributed by atoms with Gasteiger partial charge in [-0.25, -0.2) is 0 Å². The molecule has 3 nitrogen and oxygen atoms in total. The lowest BCUT2D eigenvalue weighted by atomic mass is 9.78. The Morgan fingerprint density at radius 1 is 1.07 bits per heavy atom. The first kappa shape index (κ1) is 21.0. The highest BCUT2D eigenvalue weighted by Crippen LogP contribution is 2.30. The van der Waals surface area contributed by atoms with Gasteiger partial charge in [-0.2, -0.15) is 0 Å². The number of amides is 1. The molecule has 3 aromatic rings. The largest absolute Gasteiger partial charge is 0.353 e. The highest BCUT2D eigenvalue weighted by molar-refractivity contribution is 6.31. The summed E-state index contributed by atoms with van der Waals surface area (Å²) in [6.07, 6.45) is 7.06. The van der Waals surface area contributed by atoms with Crippen molar-refractivity contribution in [2.24, 2.45) is 11.8 Å². The molecule has 4 rings (SSSR count). The number of carbonyl (C=O) groups excluding carboxylic acids is 1. The summed E-state index contributed by atoms with van der Waals surface area (Å²) in [7, 11) is 0. The molecule has 1 aliphatic carbocycles. The Morgan fingerprint density at radius 3 is 2.67 bits per heavy atom. The summed E-state index contributed by atoms with van der Waals surface area (Å²) in [4.78, 5) is 12.7. The minimum absolute atomic E-state index is 0.170. The van der Waals surface area contributed by atoms with E-state index in [-0.39, 0.29) is 5.91 Å². The van der Waals surface area contributed by atoms with E-state index in [2.05, 4.69) is 60.3 Å². The fourth-order valence-electron chi connectivity index (χ4n) is 4.78. The molecule has 0 radical (unpaired) electrons. The first-order chi connectivity index (χ1) is 14.5. The number of nitrogens with one attached hydrogen (secondary N) is 1. The number of aromatic nitrogens is 1. The van der Waals surface area contributed by atoms with Gasteiger partial charge < -0.3 is 9.88 Å². The monoisotopic (exact) mass is 422 g/mol. The molecule has 1 aromatic heterocycles. The van der Waals surface area contributed by atoms with E-state index < -0.39 is 0 Å². The second kappa shape index (κ2) is 9.26. The summed E-state index contributed by atoms with van der Waals surface area (Å²) >= 11 is 6.38. The van der Waals surface area contributed by atoms with Crippen molar-refractivity contribution < 1.29 is 4.79 Å².